The van der Waals surface area contributed by atoms with E-state index in [1.807, 2.05) is 6.07 Å². The van der Waals surface area contributed by atoms with Gasteiger partial charge < -0.3 is 9.13 Å². The van der Waals surface area contributed by atoms with Crippen molar-refractivity contribution in [3.8, 4) is 42.7 Å². The summed E-state index contributed by atoms with van der Waals surface area (Å²) < 4.78 is 4.71. The Bertz CT molecular complexity index is 2600. The number of thiophene rings is 2. The van der Waals surface area contributed by atoms with Crippen LogP contribution in [-0.2, 0) is 0 Å². The standard InChI is InChI=1S/C45H28N2OS2/c48-28-33-25-26-43(49-33)44-27-38(29-17-21-31(22-18-29)46-39-13-5-1-9-34(39)35-10-2-6-14-40(35)46)45(50-44)30-19-23-32(24-20-30)47-41-15-7-3-11-36(41)37-12-4-8-16-42(37)47/h1-28H. The molecule has 0 bridgehead atoms. The average Bonchev–Trinajstić information content (AvgIpc) is 3.97. The molecule has 4 aromatic heterocycles. The highest BCUT2D eigenvalue weighted by Gasteiger charge is 2.18. The third-order valence-electron chi connectivity index (χ3n) is 9.70. The summed E-state index contributed by atoms with van der Waals surface area (Å²) in [7, 11) is 0. The maximum Gasteiger partial charge on any atom is 0.160 e. The molecule has 0 unspecified atom stereocenters. The van der Waals surface area contributed by atoms with Crippen molar-refractivity contribution >= 4 is 72.6 Å². The second kappa shape index (κ2) is 11.6. The number of aromatic nitrogens is 2. The summed E-state index contributed by atoms with van der Waals surface area (Å²) in [5, 5.41) is 5.03. The third kappa shape index (κ3) is 4.52. The summed E-state index contributed by atoms with van der Waals surface area (Å²) in [6.45, 7) is 0. The fourth-order valence-electron chi connectivity index (χ4n) is 7.44. The highest BCUT2D eigenvalue weighted by Crippen LogP contribution is 2.46. The van der Waals surface area contributed by atoms with Gasteiger partial charge in [-0.1, -0.05) is 97.1 Å². The highest BCUT2D eigenvalue weighted by molar-refractivity contribution is 7.24. The van der Waals surface area contributed by atoms with E-state index in [9.17, 15) is 4.79 Å². The topological polar surface area (TPSA) is 26.9 Å². The van der Waals surface area contributed by atoms with Crippen LogP contribution in [0.5, 0.6) is 0 Å². The Balaban J connectivity index is 1.09. The molecule has 0 aliphatic heterocycles. The number of hydrogen-bond acceptors (Lipinski definition) is 3. The number of rotatable bonds is 6. The lowest BCUT2D eigenvalue weighted by Crippen LogP contribution is -1.94. The summed E-state index contributed by atoms with van der Waals surface area (Å²) in [5.41, 5.74) is 10.6. The van der Waals surface area contributed by atoms with Crippen LogP contribution in [0, 0.1) is 0 Å². The molecular formula is C45H28N2OS2. The highest BCUT2D eigenvalue weighted by atomic mass is 32.1. The van der Waals surface area contributed by atoms with Crippen molar-refractivity contribution in [1.82, 2.24) is 9.13 Å². The normalized spacial score (nSPS) is 11.7. The zero-order valence-electron chi connectivity index (χ0n) is 26.8. The Morgan fingerprint density at radius 1 is 0.420 bits per heavy atom. The van der Waals surface area contributed by atoms with Crippen LogP contribution in [0.25, 0.3) is 86.3 Å². The number of fused-ring (bicyclic) bond motifs is 6. The average molecular weight is 677 g/mol. The van der Waals surface area contributed by atoms with E-state index in [0.717, 1.165) is 37.9 Å². The first-order valence-corrected chi connectivity index (χ1v) is 18.3. The zero-order valence-corrected chi connectivity index (χ0v) is 28.4. The van der Waals surface area contributed by atoms with Crippen LogP contribution < -0.4 is 0 Å². The van der Waals surface area contributed by atoms with Crippen molar-refractivity contribution in [1.29, 1.82) is 0 Å². The van der Waals surface area contributed by atoms with Crippen LogP contribution in [-0.4, -0.2) is 15.4 Å². The van der Waals surface area contributed by atoms with Crippen molar-refractivity contribution in [2.45, 2.75) is 0 Å². The van der Waals surface area contributed by atoms with E-state index in [1.165, 1.54) is 71.0 Å². The first-order chi connectivity index (χ1) is 24.7. The van der Waals surface area contributed by atoms with Crippen LogP contribution >= 0.6 is 22.7 Å². The second-order valence-corrected chi connectivity index (χ2v) is 14.7. The van der Waals surface area contributed by atoms with Crippen LogP contribution in [0.15, 0.2) is 164 Å². The van der Waals surface area contributed by atoms with Gasteiger partial charge in [0, 0.05) is 53.1 Å². The fourth-order valence-corrected chi connectivity index (χ4v) is 9.53. The van der Waals surface area contributed by atoms with Gasteiger partial charge in [-0.2, -0.15) is 0 Å². The molecule has 4 heterocycles. The number of aldehydes is 1. The molecule has 0 aliphatic rings. The summed E-state index contributed by atoms with van der Waals surface area (Å²) >= 11 is 3.32. The minimum absolute atomic E-state index is 0.738. The van der Waals surface area contributed by atoms with E-state index >= 15 is 0 Å². The molecule has 0 saturated carbocycles. The van der Waals surface area contributed by atoms with Crippen molar-refractivity contribution in [2.24, 2.45) is 0 Å². The third-order valence-corrected chi connectivity index (χ3v) is 12.1. The van der Waals surface area contributed by atoms with Gasteiger partial charge >= 0.3 is 0 Å². The van der Waals surface area contributed by atoms with Crippen molar-refractivity contribution in [3.05, 3.63) is 169 Å². The number of hydrogen-bond donors (Lipinski definition) is 0. The fraction of sp³-hybridized carbons (Fsp3) is 0. The molecule has 10 rings (SSSR count). The smallest absolute Gasteiger partial charge is 0.160 e. The molecule has 0 N–H and O–H groups in total. The van der Waals surface area contributed by atoms with Crippen LogP contribution in [0.1, 0.15) is 9.67 Å². The van der Waals surface area contributed by atoms with Gasteiger partial charge in [-0.25, -0.2) is 0 Å². The Kier molecular flexibility index (Phi) is 6.69. The molecule has 50 heavy (non-hydrogen) atoms. The molecule has 236 valence electrons. The van der Waals surface area contributed by atoms with E-state index in [1.54, 1.807) is 11.3 Å². The Morgan fingerprint density at radius 2 is 0.860 bits per heavy atom. The van der Waals surface area contributed by atoms with E-state index in [2.05, 4.69) is 167 Å². The van der Waals surface area contributed by atoms with Crippen LogP contribution in [0.4, 0.5) is 0 Å². The summed E-state index contributed by atoms with van der Waals surface area (Å²) in [4.78, 5) is 15.8. The van der Waals surface area contributed by atoms with E-state index in [4.69, 9.17) is 0 Å². The van der Waals surface area contributed by atoms with Crippen molar-refractivity contribution < 1.29 is 4.79 Å². The number of carbonyl (C=O) groups excluding carboxylic acids is 1. The van der Waals surface area contributed by atoms with Gasteiger partial charge in [0.15, 0.2) is 6.29 Å². The monoisotopic (exact) mass is 676 g/mol. The maximum absolute atomic E-state index is 11.6. The molecule has 0 saturated heterocycles. The largest absolute Gasteiger partial charge is 0.309 e. The van der Waals surface area contributed by atoms with Gasteiger partial charge in [0.2, 0.25) is 0 Å². The van der Waals surface area contributed by atoms with Gasteiger partial charge in [-0.15, -0.1) is 22.7 Å². The summed E-state index contributed by atoms with van der Waals surface area (Å²) in [6.07, 6.45) is 0.935. The molecule has 10 aromatic rings. The SMILES string of the molecule is O=Cc1ccc(-c2cc(-c3ccc(-n4c5ccccc5c5ccccc54)cc3)c(-c3ccc(-n4c5ccccc5c5ccccc54)cc3)s2)s1. The van der Waals surface area contributed by atoms with Gasteiger partial charge in [0.05, 0.1) is 26.9 Å². The van der Waals surface area contributed by atoms with Gasteiger partial charge in [-0.05, 0) is 77.9 Å². The zero-order chi connectivity index (χ0) is 33.2. The van der Waals surface area contributed by atoms with E-state index in [0.29, 0.717) is 0 Å². The molecule has 3 nitrogen and oxygen atoms in total. The van der Waals surface area contributed by atoms with Crippen LogP contribution in [0.3, 0.4) is 0 Å². The lowest BCUT2D eigenvalue weighted by molar-refractivity contribution is 0.112. The van der Waals surface area contributed by atoms with Crippen molar-refractivity contribution in [2.75, 3.05) is 0 Å². The van der Waals surface area contributed by atoms with Crippen LogP contribution in [0.2, 0.25) is 0 Å². The quantitative estimate of drug-likeness (QED) is 0.161. The lowest BCUT2D eigenvalue weighted by atomic mass is 10.0. The predicted octanol–water partition coefficient (Wildman–Crippen LogP) is 12.8. The number of nitrogens with zero attached hydrogens (tertiary/aromatic N) is 2. The Morgan fingerprint density at radius 3 is 1.30 bits per heavy atom. The molecule has 5 heteroatoms. The maximum atomic E-state index is 11.6. The molecule has 0 atom stereocenters. The van der Waals surface area contributed by atoms with E-state index < -0.39 is 0 Å². The summed E-state index contributed by atoms with van der Waals surface area (Å²) in [5.74, 6) is 0. The summed E-state index contributed by atoms with van der Waals surface area (Å²) in [6, 6.07) is 58.7. The molecule has 0 spiro atoms. The molecule has 0 radical (unpaired) electrons. The number of benzene rings is 6. The van der Waals surface area contributed by atoms with Gasteiger partial charge in [0.1, 0.15) is 0 Å². The van der Waals surface area contributed by atoms with Crippen molar-refractivity contribution in [3.63, 3.8) is 0 Å². The first kappa shape index (κ1) is 29.0. The van der Waals surface area contributed by atoms with Gasteiger partial charge in [0.25, 0.3) is 0 Å². The predicted molar refractivity (Wildman–Crippen MR) is 213 cm³/mol. The minimum atomic E-state index is 0.738. The Labute approximate surface area is 296 Å². The first-order valence-electron chi connectivity index (χ1n) is 16.6. The molecule has 0 aliphatic carbocycles. The molecule has 6 aromatic carbocycles. The second-order valence-electron chi connectivity index (χ2n) is 12.5. The lowest BCUT2D eigenvalue weighted by Gasteiger charge is -2.11. The number of para-hydroxylation sites is 4. The molecular weight excluding hydrogens is 649 g/mol. The molecule has 0 fully saturated rings. The molecule has 0 amide bonds. The minimum Gasteiger partial charge on any atom is -0.309 e. The van der Waals surface area contributed by atoms with E-state index in [-0.39, 0.29) is 0 Å². The number of carbonyl (C=O) groups is 1. The van der Waals surface area contributed by atoms with Gasteiger partial charge in [-0.3, -0.25) is 4.79 Å². The Hall–Kier alpha value is -6.01.